The van der Waals surface area contributed by atoms with E-state index in [4.69, 9.17) is 0 Å². The van der Waals surface area contributed by atoms with Crippen LogP contribution in [0.2, 0.25) is 0 Å². The minimum atomic E-state index is -0.106. The third-order valence-corrected chi connectivity index (χ3v) is 3.05. The molecule has 1 aromatic heterocycles. The molecule has 0 saturated heterocycles. The molecular weight excluding hydrogens is 232 g/mol. The predicted octanol–water partition coefficient (Wildman–Crippen LogP) is 0.454. The Morgan fingerprint density at radius 3 is 2.89 bits per heavy atom. The van der Waals surface area contributed by atoms with Crippen molar-refractivity contribution in [2.24, 2.45) is 0 Å². The van der Waals surface area contributed by atoms with Gasteiger partial charge in [-0.25, -0.2) is 4.68 Å². The van der Waals surface area contributed by atoms with Crippen molar-refractivity contribution in [3.05, 3.63) is 11.8 Å². The summed E-state index contributed by atoms with van der Waals surface area (Å²) in [5, 5.41) is 6.86. The van der Waals surface area contributed by atoms with Gasteiger partial charge in [-0.1, -0.05) is 0 Å². The first-order chi connectivity index (χ1) is 8.61. The summed E-state index contributed by atoms with van der Waals surface area (Å²) in [7, 11) is 1.58. The molecule has 0 spiro atoms. The molecule has 98 valence electrons. The summed E-state index contributed by atoms with van der Waals surface area (Å²) in [6, 6.07) is 1.91. The summed E-state index contributed by atoms with van der Waals surface area (Å²) in [6.07, 6.45) is 1.38. The normalized spacial score (nSPS) is 14.2. The van der Waals surface area contributed by atoms with Gasteiger partial charge < -0.3 is 5.32 Å². The van der Waals surface area contributed by atoms with Gasteiger partial charge in [0.05, 0.1) is 5.69 Å². The third kappa shape index (κ3) is 2.52. The van der Waals surface area contributed by atoms with Crippen LogP contribution in [0.3, 0.4) is 0 Å². The lowest BCUT2D eigenvalue weighted by atomic mass is 10.2. The number of rotatable bonds is 3. The smallest absolute Gasteiger partial charge is 0.228 e. The van der Waals surface area contributed by atoms with E-state index in [0.717, 1.165) is 24.5 Å². The van der Waals surface area contributed by atoms with Crippen LogP contribution in [0.15, 0.2) is 6.07 Å². The fourth-order valence-corrected chi connectivity index (χ4v) is 2.14. The first kappa shape index (κ1) is 12.6. The van der Waals surface area contributed by atoms with Crippen LogP contribution in [0.1, 0.15) is 25.0 Å². The molecule has 2 rings (SSSR count). The molecule has 18 heavy (non-hydrogen) atoms. The first-order valence-corrected chi connectivity index (χ1v) is 6.17. The summed E-state index contributed by atoms with van der Waals surface area (Å²) in [5.74, 6) is 0.727. The lowest BCUT2D eigenvalue weighted by Gasteiger charge is -2.27. The van der Waals surface area contributed by atoms with E-state index in [-0.39, 0.29) is 24.7 Å². The molecule has 0 radical (unpaired) electrons. The molecule has 1 aliphatic rings. The van der Waals surface area contributed by atoms with E-state index in [1.165, 1.54) is 0 Å². The average Bonchev–Trinajstić information content (AvgIpc) is 2.75. The van der Waals surface area contributed by atoms with Crippen molar-refractivity contribution < 1.29 is 9.59 Å². The number of nitrogens with one attached hydrogen (secondary N) is 1. The molecule has 0 saturated carbocycles. The molecule has 0 unspecified atom stereocenters. The van der Waals surface area contributed by atoms with Gasteiger partial charge in [-0.3, -0.25) is 14.5 Å². The maximum Gasteiger partial charge on any atom is 0.228 e. The van der Waals surface area contributed by atoms with Gasteiger partial charge in [0.1, 0.15) is 5.82 Å². The lowest BCUT2D eigenvalue weighted by Crippen LogP contribution is -2.38. The molecule has 0 bridgehead atoms. The average molecular weight is 250 g/mol. The number of nitrogens with zero attached hydrogens (tertiary/aromatic N) is 3. The van der Waals surface area contributed by atoms with E-state index < -0.39 is 0 Å². The van der Waals surface area contributed by atoms with Crippen LogP contribution in [0.4, 0.5) is 5.82 Å². The standard InChI is InChI=1S/C12H18N4O2/c1-9-8-11-15(6-3-7-16(11)14-9)12(18)5-4-10(17)13-2/h8H,3-7H2,1-2H3,(H,13,17). The maximum absolute atomic E-state index is 12.1. The summed E-state index contributed by atoms with van der Waals surface area (Å²) in [4.78, 5) is 25.0. The molecule has 1 aliphatic heterocycles. The summed E-state index contributed by atoms with van der Waals surface area (Å²) in [5.41, 5.74) is 0.913. The van der Waals surface area contributed by atoms with Crippen LogP contribution < -0.4 is 10.2 Å². The van der Waals surface area contributed by atoms with Gasteiger partial charge in [-0.15, -0.1) is 0 Å². The van der Waals surface area contributed by atoms with E-state index >= 15 is 0 Å². The first-order valence-electron chi connectivity index (χ1n) is 6.17. The Hall–Kier alpha value is -1.85. The Morgan fingerprint density at radius 1 is 1.39 bits per heavy atom. The number of hydrogen-bond acceptors (Lipinski definition) is 3. The van der Waals surface area contributed by atoms with Gasteiger partial charge in [0.15, 0.2) is 0 Å². The van der Waals surface area contributed by atoms with Gasteiger partial charge in [-0.2, -0.15) is 5.10 Å². The van der Waals surface area contributed by atoms with Gasteiger partial charge in [-0.05, 0) is 13.3 Å². The van der Waals surface area contributed by atoms with Crippen LogP contribution in [0.5, 0.6) is 0 Å². The van der Waals surface area contributed by atoms with E-state index in [1.807, 2.05) is 17.7 Å². The van der Waals surface area contributed by atoms with Crippen molar-refractivity contribution in [2.45, 2.75) is 32.7 Å². The van der Waals surface area contributed by atoms with Crippen molar-refractivity contribution in [3.8, 4) is 0 Å². The Bertz CT molecular complexity index is 467. The highest BCUT2D eigenvalue weighted by Crippen LogP contribution is 2.22. The molecule has 0 aliphatic carbocycles. The Kier molecular flexibility index (Phi) is 3.64. The van der Waals surface area contributed by atoms with Crippen LogP contribution in [0.25, 0.3) is 0 Å². The van der Waals surface area contributed by atoms with Gasteiger partial charge in [0.2, 0.25) is 11.8 Å². The molecule has 1 aromatic rings. The maximum atomic E-state index is 12.1. The quantitative estimate of drug-likeness (QED) is 0.847. The topological polar surface area (TPSA) is 67.2 Å². The lowest BCUT2D eigenvalue weighted by molar-refractivity contribution is -0.125. The zero-order valence-electron chi connectivity index (χ0n) is 10.8. The number of hydrogen-bond donors (Lipinski definition) is 1. The van der Waals surface area contributed by atoms with Gasteiger partial charge >= 0.3 is 0 Å². The van der Waals surface area contributed by atoms with Crippen molar-refractivity contribution in [1.29, 1.82) is 0 Å². The number of fused-ring (bicyclic) bond motifs is 1. The summed E-state index contributed by atoms with van der Waals surface area (Å²) >= 11 is 0. The second kappa shape index (κ2) is 5.20. The minimum Gasteiger partial charge on any atom is -0.359 e. The number of carbonyl (C=O) groups is 2. The summed E-state index contributed by atoms with van der Waals surface area (Å²) in [6.45, 7) is 3.47. The molecule has 1 N–H and O–H groups in total. The molecular formula is C12H18N4O2. The SMILES string of the molecule is CNC(=O)CCC(=O)N1CCCn2nc(C)cc21. The monoisotopic (exact) mass is 250 g/mol. The number of carbonyl (C=O) groups excluding carboxylic acids is 2. The molecule has 2 amide bonds. The highest BCUT2D eigenvalue weighted by Gasteiger charge is 2.23. The zero-order valence-corrected chi connectivity index (χ0v) is 10.8. The van der Waals surface area contributed by atoms with Crippen molar-refractivity contribution in [3.63, 3.8) is 0 Å². The second-order valence-corrected chi connectivity index (χ2v) is 4.44. The van der Waals surface area contributed by atoms with Crippen LogP contribution in [-0.2, 0) is 16.1 Å². The minimum absolute atomic E-state index is 0.0144. The zero-order chi connectivity index (χ0) is 13.1. The Labute approximate surface area is 106 Å². The fraction of sp³-hybridized carbons (Fsp3) is 0.583. The fourth-order valence-electron chi connectivity index (χ4n) is 2.14. The van der Waals surface area contributed by atoms with Crippen molar-refractivity contribution in [2.75, 3.05) is 18.5 Å². The Balaban J connectivity index is 2.05. The van der Waals surface area contributed by atoms with Crippen molar-refractivity contribution >= 4 is 17.6 Å². The third-order valence-electron chi connectivity index (χ3n) is 3.05. The highest BCUT2D eigenvalue weighted by atomic mass is 16.2. The number of anilines is 1. The molecule has 2 heterocycles. The molecule has 0 fully saturated rings. The van der Waals surface area contributed by atoms with E-state index in [1.54, 1.807) is 11.9 Å². The summed E-state index contributed by atoms with van der Waals surface area (Å²) < 4.78 is 1.86. The Morgan fingerprint density at radius 2 is 2.17 bits per heavy atom. The number of aromatic nitrogens is 2. The van der Waals surface area contributed by atoms with E-state index in [9.17, 15) is 9.59 Å². The van der Waals surface area contributed by atoms with Crippen molar-refractivity contribution in [1.82, 2.24) is 15.1 Å². The number of amides is 2. The van der Waals surface area contributed by atoms with Gasteiger partial charge in [0, 0.05) is 39.0 Å². The van der Waals surface area contributed by atoms with E-state index in [2.05, 4.69) is 10.4 Å². The molecule has 6 heteroatoms. The van der Waals surface area contributed by atoms with Crippen LogP contribution in [0, 0.1) is 6.92 Å². The predicted molar refractivity (Wildman–Crippen MR) is 67.2 cm³/mol. The van der Waals surface area contributed by atoms with Crippen LogP contribution in [-0.4, -0.2) is 35.2 Å². The van der Waals surface area contributed by atoms with Gasteiger partial charge in [0.25, 0.3) is 0 Å². The molecule has 6 nitrogen and oxygen atoms in total. The molecule has 0 aromatic carbocycles. The van der Waals surface area contributed by atoms with Crippen LogP contribution >= 0.6 is 0 Å². The molecule has 0 atom stereocenters. The number of aryl methyl sites for hydroxylation is 2. The highest BCUT2D eigenvalue weighted by molar-refractivity contribution is 5.94. The largest absolute Gasteiger partial charge is 0.359 e. The van der Waals surface area contributed by atoms with E-state index in [0.29, 0.717) is 6.54 Å². The second-order valence-electron chi connectivity index (χ2n) is 4.44.